The lowest BCUT2D eigenvalue weighted by atomic mass is 10.1. The second kappa shape index (κ2) is 6.05. The first-order valence-electron chi connectivity index (χ1n) is 5.64. The van der Waals surface area contributed by atoms with Gasteiger partial charge in [-0.25, -0.2) is 0 Å². The largest absolute Gasteiger partial charge is 0.377 e. The van der Waals surface area contributed by atoms with Gasteiger partial charge < -0.3 is 10.7 Å². The maximum atomic E-state index is 11.0. The van der Waals surface area contributed by atoms with Crippen LogP contribution in [-0.4, -0.2) is 11.0 Å². The minimum Gasteiger partial charge on any atom is -0.377 e. The van der Waals surface area contributed by atoms with Gasteiger partial charge in [-0.3, -0.25) is 16.0 Å². The third-order valence-electron chi connectivity index (χ3n) is 2.72. The highest BCUT2D eigenvalue weighted by Crippen LogP contribution is 2.32. The standard InChI is InChI=1S/C11H18N4O2/c1-3-8(4-2)13-9-6-5-7-10(14-12)11(9)15(16)17/h5-8,13-14H,3-4,12H2,1-2H3. The molecular formula is C11H18N4O2. The maximum absolute atomic E-state index is 11.0. The lowest BCUT2D eigenvalue weighted by molar-refractivity contribution is -0.383. The summed E-state index contributed by atoms with van der Waals surface area (Å²) in [5, 5.41) is 14.2. The smallest absolute Gasteiger partial charge is 0.316 e. The molecule has 1 aromatic carbocycles. The average Bonchev–Trinajstić information content (AvgIpc) is 2.34. The fraction of sp³-hybridized carbons (Fsp3) is 0.455. The number of nitro benzene ring substituents is 1. The van der Waals surface area contributed by atoms with Crippen molar-refractivity contribution in [2.45, 2.75) is 32.7 Å². The Morgan fingerprint density at radius 1 is 1.35 bits per heavy atom. The molecule has 17 heavy (non-hydrogen) atoms. The fourth-order valence-electron chi connectivity index (χ4n) is 1.69. The van der Waals surface area contributed by atoms with E-state index in [-0.39, 0.29) is 11.7 Å². The number of nitrogen functional groups attached to an aromatic ring is 1. The maximum Gasteiger partial charge on any atom is 0.316 e. The van der Waals surface area contributed by atoms with E-state index in [9.17, 15) is 10.1 Å². The molecule has 0 saturated carbocycles. The summed E-state index contributed by atoms with van der Waals surface area (Å²) in [5.41, 5.74) is 3.14. The van der Waals surface area contributed by atoms with Crippen LogP contribution in [0.4, 0.5) is 17.1 Å². The lowest BCUT2D eigenvalue weighted by Crippen LogP contribution is -2.18. The number of hydrogen-bond acceptors (Lipinski definition) is 5. The number of nitrogens with zero attached hydrogens (tertiary/aromatic N) is 1. The van der Waals surface area contributed by atoms with Crippen LogP contribution in [0.5, 0.6) is 0 Å². The molecular weight excluding hydrogens is 220 g/mol. The molecule has 0 fully saturated rings. The number of benzene rings is 1. The van der Waals surface area contributed by atoms with E-state index in [1.54, 1.807) is 18.2 Å². The molecule has 6 heteroatoms. The molecule has 0 unspecified atom stereocenters. The molecule has 0 saturated heterocycles. The van der Waals surface area contributed by atoms with Gasteiger partial charge in [0.25, 0.3) is 0 Å². The molecule has 0 bridgehead atoms. The molecule has 4 N–H and O–H groups in total. The Morgan fingerprint density at radius 2 is 1.94 bits per heavy atom. The van der Waals surface area contributed by atoms with Crippen molar-refractivity contribution in [2.24, 2.45) is 5.84 Å². The molecule has 0 aliphatic rings. The molecule has 1 rings (SSSR count). The molecule has 0 atom stereocenters. The van der Waals surface area contributed by atoms with Crippen molar-refractivity contribution >= 4 is 17.1 Å². The predicted octanol–water partition coefficient (Wildman–Crippen LogP) is 2.48. The first kappa shape index (κ1) is 13.2. The van der Waals surface area contributed by atoms with Crippen LogP contribution >= 0.6 is 0 Å². The number of rotatable bonds is 6. The van der Waals surface area contributed by atoms with E-state index in [4.69, 9.17) is 5.84 Å². The van der Waals surface area contributed by atoms with Gasteiger partial charge in [-0.1, -0.05) is 19.9 Å². The van der Waals surface area contributed by atoms with Crippen LogP contribution in [0.25, 0.3) is 0 Å². The van der Waals surface area contributed by atoms with Gasteiger partial charge in [-0.2, -0.15) is 0 Å². The second-order valence-corrected chi connectivity index (χ2v) is 3.76. The number of hydrogen-bond donors (Lipinski definition) is 3. The highest BCUT2D eigenvalue weighted by atomic mass is 16.6. The zero-order valence-corrected chi connectivity index (χ0v) is 10.1. The number of nitrogens with one attached hydrogen (secondary N) is 2. The van der Waals surface area contributed by atoms with E-state index in [0.717, 1.165) is 12.8 Å². The lowest BCUT2D eigenvalue weighted by Gasteiger charge is -2.17. The van der Waals surface area contributed by atoms with E-state index >= 15 is 0 Å². The number of nitro groups is 1. The normalized spacial score (nSPS) is 10.4. The second-order valence-electron chi connectivity index (χ2n) is 3.76. The first-order valence-corrected chi connectivity index (χ1v) is 5.64. The molecule has 1 aromatic rings. The molecule has 0 aliphatic carbocycles. The highest BCUT2D eigenvalue weighted by molar-refractivity contribution is 5.76. The van der Waals surface area contributed by atoms with Gasteiger partial charge >= 0.3 is 5.69 Å². The molecule has 94 valence electrons. The van der Waals surface area contributed by atoms with E-state index in [1.165, 1.54) is 0 Å². The van der Waals surface area contributed by atoms with E-state index in [1.807, 2.05) is 13.8 Å². The molecule has 0 aliphatic heterocycles. The van der Waals surface area contributed by atoms with Crippen LogP contribution in [-0.2, 0) is 0 Å². The SMILES string of the molecule is CCC(CC)Nc1cccc(NN)c1[N+](=O)[O-]. The van der Waals surface area contributed by atoms with Crippen LogP contribution in [0, 0.1) is 10.1 Å². The number of hydrazine groups is 1. The molecule has 0 spiro atoms. The van der Waals surface area contributed by atoms with Crippen LogP contribution < -0.4 is 16.6 Å². The summed E-state index contributed by atoms with van der Waals surface area (Å²) < 4.78 is 0. The Morgan fingerprint density at radius 3 is 2.41 bits per heavy atom. The molecule has 0 aromatic heterocycles. The Labute approximate surface area is 100 Å². The van der Waals surface area contributed by atoms with E-state index < -0.39 is 4.92 Å². The molecule has 0 radical (unpaired) electrons. The van der Waals surface area contributed by atoms with Crippen LogP contribution in [0.15, 0.2) is 18.2 Å². The van der Waals surface area contributed by atoms with Crippen LogP contribution in [0.3, 0.4) is 0 Å². The third kappa shape index (κ3) is 3.07. The predicted molar refractivity (Wildman–Crippen MR) is 68.9 cm³/mol. The Balaban J connectivity index is 3.09. The fourth-order valence-corrected chi connectivity index (χ4v) is 1.69. The topological polar surface area (TPSA) is 93.2 Å². The zero-order chi connectivity index (χ0) is 12.8. The molecule has 0 amide bonds. The average molecular weight is 238 g/mol. The molecule has 6 nitrogen and oxygen atoms in total. The summed E-state index contributed by atoms with van der Waals surface area (Å²) in [6.07, 6.45) is 1.82. The van der Waals surface area contributed by atoms with Gasteiger partial charge in [0.1, 0.15) is 11.4 Å². The van der Waals surface area contributed by atoms with Crippen molar-refractivity contribution in [1.82, 2.24) is 0 Å². The molecule has 0 heterocycles. The minimum atomic E-state index is -0.431. The summed E-state index contributed by atoms with van der Waals surface area (Å²) in [6.45, 7) is 4.08. The highest BCUT2D eigenvalue weighted by Gasteiger charge is 2.20. The summed E-state index contributed by atoms with van der Waals surface area (Å²) in [5.74, 6) is 5.27. The van der Waals surface area contributed by atoms with Gasteiger partial charge in [-0.15, -0.1) is 0 Å². The number of anilines is 2. The summed E-state index contributed by atoms with van der Waals surface area (Å²) in [7, 11) is 0. The van der Waals surface area contributed by atoms with Crippen molar-refractivity contribution in [3.8, 4) is 0 Å². The van der Waals surface area contributed by atoms with Gasteiger partial charge in [0.2, 0.25) is 0 Å². The van der Waals surface area contributed by atoms with Crippen molar-refractivity contribution in [3.63, 3.8) is 0 Å². The minimum absolute atomic E-state index is 0.0121. The Bertz CT molecular complexity index is 391. The first-order chi connectivity index (χ1) is 8.13. The van der Waals surface area contributed by atoms with E-state index in [0.29, 0.717) is 11.4 Å². The van der Waals surface area contributed by atoms with Crippen LogP contribution in [0.2, 0.25) is 0 Å². The number of para-hydroxylation sites is 1. The van der Waals surface area contributed by atoms with Gasteiger partial charge in [0.15, 0.2) is 0 Å². The van der Waals surface area contributed by atoms with Crippen molar-refractivity contribution in [3.05, 3.63) is 28.3 Å². The summed E-state index contributed by atoms with van der Waals surface area (Å²) >= 11 is 0. The van der Waals surface area contributed by atoms with Crippen molar-refractivity contribution in [1.29, 1.82) is 0 Å². The van der Waals surface area contributed by atoms with Gasteiger partial charge in [0, 0.05) is 6.04 Å². The summed E-state index contributed by atoms with van der Waals surface area (Å²) in [6, 6.07) is 5.22. The van der Waals surface area contributed by atoms with E-state index in [2.05, 4.69) is 10.7 Å². The zero-order valence-electron chi connectivity index (χ0n) is 10.1. The van der Waals surface area contributed by atoms with Crippen molar-refractivity contribution < 1.29 is 4.92 Å². The summed E-state index contributed by atoms with van der Waals surface area (Å²) in [4.78, 5) is 10.6. The van der Waals surface area contributed by atoms with Gasteiger partial charge in [0.05, 0.1) is 4.92 Å². The van der Waals surface area contributed by atoms with Crippen LogP contribution in [0.1, 0.15) is 26.7 Å². The third-order valence-corrected chi connectivity index (χ3v) is 2.72. The van der Waals surface area contributed by atoms with Gasteiger partial charge in [-0.05, 0) is 25.0 Å². The Kier molecular flexibility index (Phi) is 4.71. The van der Waals surface area contributed by atoms with Crippen molar-refractivity contribution in [2.75, 3.05) is 10.7 Å². The quantitative estimate of drug-likeness (QED) is 0.402. The number of nitrogens with two attached hydrogens (primary N) is 1. The monoisotopic (exact) mass is 238 g/mol. The Hall–Kier alpha value is -1.82.